The van der Waals surface area contributed by atoms with E-state index in [4.69, 9.17) is 4.74 Å². The largest absolute Gasteiger partial charge is 0.383 e. The fourth-order valence-corrected chi connectivity index (χ4v) is 3.58. The third-order valence-electron chi connectivity index (χ3n) is 3.73. The molecule has 0 saturated carbocycles. The van der Waals surface area contributed by atoms with Gasteiger partial charge in [0.2, 0.25) is 15.9 Å². The van der Waals surface area contributed by atoms with Gasteiger partial charge >= 0.3 is 0 Å². The topological polar surface area (TPSA) is 112 Å². The van der Waals surface area contributed by atoms with Crippen LogP contribution in [0.25, 0.3) is 0 Å². The van der Waals surface area contributed by atoms with E-state index in [1.165, 1.54) is 13.2 Å². The van der Waals surface area contributed by atoms with Crippen molar-refractivity contribution in [1.82, 2.24) is 20.3 Å². The van der Waals surface area contributed by atoms with Gasteiger partial charge in [0.15, 0.2) is 5.96 Å². The van der Waals surface area contributed by atoms with E-state index in [1.807, 2.05) is 26.8 Å². The number of carbonyl (C=O) groups excluding carboxylic acids is 1. The number of rotatable bonds is 9. The Balaban J connectivity index is 0.00000841. The predicted molar refractivity (Wildman–Crippen MR) is 130 cm³/mol. The SMILES string of the molecule is CN=C(NCc1cccc(S(=O)(=O)NCCOC)c1)N(C)CC(=O)NC(C)(C)C.I. The number of nitrogens with one attached hydrogen (secondary N) is 3. The highest BCUT2D eigenvalue weighted by molar-refractivity contribution is 14.0. The molecule has 30 heavy (non-hydrogen) atoms. The maximum Gasteiger partial charge on any atom is 0.240 e. The van der Waals surface area contributed by atoms with Gasteiger partial charge in [-0.25, -0.2) is 13.1 Å². The maximum atomic E-state index is 12.3. The minimum Gasteiger partial charge on any atom is -0.383 e. The number of nitrogens with zero attached hydrogens (tertiary/aromatic N) is 2. The van der Waals surface area contributed by atoms with Gasteiger partial charge in [-0.15, -0.1) is 24.0 Å². The molecule has 0 bridgehead atoms. The van der Waals surface area contributed by atoms with Gasteiger partial charge in [-0.1, -0.05) is 12.1 Å². The van der Waals surface area contributed by atoms with Crippen LogP contribution in [0.3, 0.4) is 0 Å². The molecule has 172 valence electrons. The van der Waals surface area contributed by atoms with Gasteiger partial charge in [-0.05, 0) is 38.5 Å². The number of carbonyl (C=O) groups is 1. The third kappa shape index (κ3) is 10.5. The predicted octanol–water partition coefficient (Wildman–Crippen LogP) is 1.15. The van der Waals surface area contributed by atoms with E-state index in [1.54, 1.807) is 31.1 Å². The van der Waals surface area contributed by atoms with Crippen molar-refractivity contribution in [2.24, 2.45) is 4.99 Å². The summed E-state index contributed by atoms with van der Waals surface area (Å²) in [6.07, 6.45) is 0. The van der Waals surface area contributed by atoms with Crippen molar-refractivity contribution in [2.75, 3.05) is 40.9 Å². The van der Waals surface area contributed by atoms with Crippen LogP contribution in [0.2, 0.25) is 0 Å². The molecule has 0 radical (unpaired) electrons. The minimum absolute atomic E-state index is 0. The number of benzene rings is 1. The lowest BCUT2D eigenvalue weighted by Gasteiger charge is -2.25. The van der Waals surface area contributed by atoms with Crippen molar-refractivity contribution < 1.29 is 17.9 Å². The van der Waals surface area contributed by atoms with Gasteiger partial charge in [-0.3, -0.25) is 9.79 Å². The molecule has 0 fully saturated rings. The Hall–Kier alpha value is -1.44. The molecular weight excluding hydrogens is 521 g/mol. The number of aliphatic imine (C=N–C) groups is 1. The Bertz CT molecular complexity index is 809. The summed E-state index contributed by atoms with van der Waals surface area (Å²) >= 11 is 0. The monoisotopic (exact) mass is 555 g/mol. The maximum absolute atomic E-state index is 12.3. The van der Waals surface area contributed by atoms with Crippen LogP contribution in [-0.4, -0.2) is 71.6 Å². The van der Waals surface area contributed by atoms with E-state index in [2.05, 4.69) is 20.3 Å². The van der Waals surface area contributed by atoms with E-state index in [0.29, 0.717) is 19.1 Å². The molecule has 1 aromatic carbocycles. The Morgan fingerprint density at radius 3 is 2.50 bits per heavy atom. The highest BCUT2D eigenvalue weighted by Crippen LogP contribution is 2.11. The molecule has 11 heteroatoms. The molecule has 0 heterocycles. The molecule has 9 nitrogen and oxygen atoms in total. The van der Waals surface area contributed by atoms with Crippen LogP contribution < -0.4 is 15.4 Å². The average molecular weight is 555 g/mol. The van der Waals surface area contributed by atoms with Crippen LogP contribution >= 0.6 is 24.0 Å². The lowest BCUT2D eigenvalue weighted by Crippen LogP contribution is -2.48. The van der Waals surface area contributed by atoms with E-state index >= 15 is 0 Å². The van der Waals surface area contributed by atoms with Crippen molar-refractivity contribution in [1.29, 1.82) is 0 Å². The first-order valence-corrected chi connectivity index (χ1v) is 10.8. The van der Waals surface area contributed by atoms with Crippen LogP contribution in [0, 0.1) is 0 Å². The molecule has 3 N–H and O–H groups in total. The number of hydrogen-bond acceptors (Lipinski definition) is 5. The lowest BCUT2D eigenvalue weighted by molar-refractivity contribution is -0.122. The first-order chi connectivity index (χ1) is 13.5. The van der Waals surface area contributed by atoms with Crippen molar-refractivity contribution in [3.8, 4) is 0 Å². The smallest absolute Gasteiger partial charge is 0.240 e. The van der Waals surface area contributed by atoms with Crippen LogP contribution in [-0.2, 0) is 26.1 Å². The van der Waals surface area contributed by atoms with Crippen LogP contribution in [0.5, 0.6) is 0 Å². The first kappa shape index (κ1) is 28.6. The van der Waals surface area contributed by atoms with Gasteiger partial charge in [0, 0.05) is 39.8 Å². The summed E-state index contributed by atoms with van der Waals surface area (Å²) in [6.45, 7) is 6.77. The summed E-state index contributed by atoms with van der Waals surface area (Å²) < 4.78 is 32.0. The summed E-state index contributed by atoms with van der Waals surface area (Å²) in [5.74, 6) is 0.415. The van der Waals surface area contributed by atoms with Crippen LogP contribution in [0.1, 0.15) is 26.3 Å². The molecular formula is C19H34IN5O4S. The van der Waals surface area contributed by atoms with Gasteiger partial charge in [0.1, 0.15) is 0 Å². The molecule has 1 aromatic rings. The zero-order valence-corrected chi connectivity index (χ0v) is 21.6. The Labute approximate surface area is 197 Å². The molecule has 0 aliphatic heterocycles. The molecule has 0 saturated heterocycles. The molecule has 0 aliphatic carbocycles. The van der Waals surface area contributed by atoms with Crippen molar-refractivity contribution in [2.45, 2.75) is 37.8 Å². The summed E-state index contributed by atoms with van der Waals surface area (Å²) in [5.41, 5.74) is 0.464. The average Bonchev–Trinajstić information content (AvgIpc) is 2.61. The van der Waals surface area contributed by atoms with Crippen molar-refractivity contribution >= 4 is 45.9 Å². The molecule has 1 amide bonds. The Morgan fingerprint density at radius 1 is 1.27 bits per heavy atom. The highest BCUT2D eigenvalue weighted by Gasteiger charge is 2.17. The van der Waals surface area contributed by atoms with Crippen molar-refractivity contribution in [3.05, 3.63) is 29.8 Å². The molecule has 0 atom stereocenters. The van der Waals surface area contributed by atoms with Gasteiger partial charge in [0.25, 0.3) is 0 Å². The number of likely N-dealkylation sites (N-methyl/N-ethyl adjacent to an activating group) is 1. The summed E-state index contributed by atoms with van der Waals surface area (Å²) in [7, 11) is 1.30. The highest BCUT2D eigenvalue weighted by atomic mass is 127. The van der Waals surface area contributed by atoms with Gasteiger partial charge < -0.3 is 20.3 Å². The first-order valence-electron chi connectivity index (χ1n) is 9.29. The van der Waals surface area contributed by atoms with Gasteiger partial charge in [-0.2, -0.15) is 0 Å². The molecule has 0 aliphatic rings. The zero-order chi connectivity index (χ0) is 22.1. The number of methoxy groups -OCH3 is 1. The standard InChI is InChI=1S/C19H33N5O4S.HI/c1-19(2,3)23-17(25)14-24(5)18(20-4)21-13-15-8-7-9-16(12-15)29(26,27)22-10-11-28-6;/h7-9,12,22H,10-11,13-14H2,1-6H3,(H,20,21)(H,23,25);1H. The number of guanidine groups is 1. The zero-order valence-electron chi connectivity index (χ0n) is 18.5. The Morgan fingerprint density at radius 2 is 1.93 bits per heavy atom. The van der Waals surface area contributed by atoms with E-state index in [0.717, 1.165) is 5.56 Å². The lowest BCUT2D eigenvalue weighted by atomic mass is 10.1. The van der Waals surface area contributed by atoms with Gasteiger partial charge in [0.05, 0.1) is 18.0 Å². The number of amides is 1. The second-order valence-electron chi connectivity index (χ2n) is 7.59. The van der Waals surface area contributed by atoms with E-state index in [9.17, 15) is 13.2 Å². The normalized spacial score (nSPS) is 12.1. The molecule has 0 spiro atoms. The third-order valence-corrected chi connectivity index (χ3v) is 5.18. The number of ether oxygens (including phenoxy) is 1. The minimum atomic E-state index is -3.60. The van der Waals surface area contributed by atoms with E-state index in [-0.39, 0.29) is 53.4 Å². The quantitative estimate of drug-likeness (QED) is 0.183. The summed E-state index contributed by atoms with van der Waals surface area (Å²) in [6, 6.07) is 6.64. The van der Waals surface area contributed by atoms with Crippen LogP contribution in [0.4, 0.5) is 0 Å². The van der Waals surface area contributed by atoms with E-state index < -0.39 is 10.0 Å². The second-order valence-corrected chi connectivity index (χ2v) is 9.36. The summed E-state index contributed by atoms with van der Waals surface area (Å²) in [4.78, 5) is 18.2. The fraction of sp³-hybridized carbons (Fsp3) is 0.579. The number of halogens is 1. The molecule has 0 aromatic heterocycles. The van der Waals surface area contributed by atoms with Crippen LogP contribution in [0.15, 0.2) is 34.2 Å². The Kier molecular flexibility index (Phi) is 12.4. The molecule has 0 unspecified atom stereocenters. The second kappa shape index (κ2) is 13.1. The number of sulfonamides is 1. The molecule has 1 rings (SSSR count). The number of hydrogen-bond donors (Lipinski definition) is 3. The summed E-state index contributed by atoms with van der Waals surface area (Å²) in [5, 5.41) is 6.05. The van der Waals surface area contributed by atoms with Crippen molar-refractivity contribution in [3.63, 3.8) is 0 Å². The fourth-order valence-electron chi connectivity index (χ4n) is 2.50.